The molecule has 2 aromatic rings. The van der Waals surface area contributed by atoms with Crippen LogP contribution in [-0.4, -0.2) is 51.6 Å². The summed E-state index contributed by atoms with van der Waals surface area (Å²) < 4.78 is 1.75. The van der Waals surface area contributed by atoms with Crippen molar-refractivity contribution in [2.24, 2.45) is 0 Å². The number of fused-ring (bicyclic) bond motifs is 1. The molecule has 1 aliphatic heterocycles. The molecule has 16 heavy (non-hydrogen) atoms. The van der Waals surface area contributed by atoms with Crippen molar-refractivity contribution >= 4 is 22.2 Å². The van der Waals surface area contributed by atoms with Crippen LogP contribution >= 0.6 is 11.3 Å². The molecule has 3 heterocycles. The highest BCUT2D eigenvalue weighted by Gasteiger charge is 2.22. The molecule has 1 N–H and O–H groups in total. The molecule has 0 saturated carbocycles. The lowest BCUT2D eigenvalue weighted by Crippen LogP contribution is -2.46. The number of amides is 1. The van der Waals surface area contributed by atoms with Crippen molar-refractivity contribution in [1.82, 2.24) is 24.8 Å². The van der Waals surface area contributed by atoms with E-state index in [2.05, 4.69) is 15.5 Å². The normalized spacial score (nSPS) is 16.9. The Morgan fingerprint density at radius 3 is 3.00 bits per heavy atom. The molecular weight excluding hydrogens is 226 g/mol. The quantitative estimate of drug-likeness (QED) is 0.748. The highest BCUT2D eigenvalue weighted by atomic mass is 32.1. The van der Waals surface area contributed by atoms with Crippen LogP contribution in [0.2, 0.25) is 0 Å². The van der Waals surface area contributed by atoms with E-state index in [-0.39, 0.29) is 5.91 Å². The molecule has 7 heteroatoms. The second-order valence-corrected chi connectivity index (χ2v) is 4.49. The van der Waals surface area contributed by atoms with Crippen LogP contribution in [0.3, 0.4) is 0 Å². The van der Waals surface area contributed by atoms with Crippen molar-refractivity contribution in [3.63, 3.8) is 0 Å². The topological polar surface area (TPSA) is 62.5 Å². The molecule has 1 fully saturated rings. The van der Waals surface area contributed by atoms with Crippen LogP contribution in [0, 0.1) is 0 Å². The van der Waals surface area contributed by atoms with Gasteiger partial charge in [0.05, 0.1) is 0 Å². The zero-order valence-electron chi connectivity index (χ0n) is 8.59. The number of carbonyl (C=O) groups is 1. The van der Waals surface area contributed by atoms with E-state index in [4.69, 9.17) is 0 Å². The van der Waals surface area contributed by atoms with Crippen molar-refractivity contribution in [2.45, 2.75) is 0 Å². The van der Waals surface area contributed by atoms with E-state index >= 15 is 0 Å². The van der Waals surface area contributed by atoms with Gasteiger partial charge in [0, 0.05) is 37.8 Å². The number of piperazine rings is 1. The van der Waals surface area contributed by atoms with E-state index in [0.29, 0.717) is 5.82 Å². The molecule has 0 spiro atoms. The number of nitrogens with zero attached hydrogens (tertiary/aromatic N) is 4. The molecule has 0 radical (unpaired) electrons. The first-order chi connectivity index (χ1) is 7.86. The van der Waals surface area contributed by atoms with Gasteiger partial charge in [-0.1, -0.05) is 0 Å². The maximum Gasteiger partial charge on any atom is 0.292 e. The molecule has 0 aliphatic carbocycles. The monoisotopic (exact) mass is 237 g/mol. The Morgan fingerprint density at radius 1 is 1.38 bits per heavy atom. The first-order valence-electron chi connectivity index (χ1n) is 5.14. The van der Waals surface area contributed by atoms with Gasteiger partial charge in [0.2, 0.25) is 10.8 Å². The van der Waals surface area contributed by atoms with E-state index in [1.807, 2.05) is 16.5 Å². The number of hydrogen-bond acceptors (Lipinski definition) is 5. The predicted octanol–water partition coefficient (Wildman–Crippen LogP) is -0.164. The summed E-state index contributed by atoms with van der Waals surface area (Å²) in [5.41, 5.74) is 0. The minimum absolute atomic E-state index is 0.0348. The molecule has 0 aromatic carbocycles. The van der Waals surface area contributed by atoms with E-state index in [0.717, 1.165) is 31.1 Å². The molecule has 0 atom stereocenters. The van der Waals surface area contributed by atoms with Crippen LogP contribution in [0.15, 0.2) is 11.6 Å². The van der Waals surface area contributed by atoms with Gasteiger partial charge in [0.1, 0.15) is 0 Å². The van der Waals surface area contributed by atoms with E-state index in [1.54, 1.807) is 4.40 Å². The van der Waals surface area contributed by atoms with E-state index < -0.39 is 0 Å². The third-order valence-electron chi connectivity index (χ3n) is 2.64. The van der Waals surface area contributed by atoms with Crippen molar-refractivity contribution in [3.05, 3.63) is 17.4 Å². The van der Waals surface area contributed by atoms with Gasteiger partial charge in [-0.05, 0) is 0 Å². The zero-order chi connectivity index (χ0) is 11.0. The number of nitrogens with one attached hydrogen (secondary N) is 1. The van der Waals surface area contributed by atoms with Gasteiger partial charge in [-0.25, -0.2) is 0 Å². The van der Waals surface area contributed by atoms with Crippen LogP contribution < -0.4 is 5.32 Å². The summed E-state index contributed by atoms with van der Waals surface area (Å²) in [7, 11) is 0. The van der Waals surface area contributed by atoms with Crippen molar-refractivity contribution in [1.29, 1.82) is 0 Å². The van der Waals surface area contributed by atoms with E-state index in [1.165, 1.54) is 11.3 Å². The SMILES string of the molecule is O=C(c1nnc2sccn12)N1CCNCC1. The Labute approximate surface area is 95.9 Å². The standard InChI is InChI=1S/C9H11N5OS/c15-8(13-3-1-10-2-4-13)7-11-12-9-14(7)5-6-16-9/h5-6,10H,1-4H2. The lowest BCUT2D eigenvalue weighted by Gasteiger charge is -2.26. The Bertz CT molecular complexity index is 513. The summed E-state index contributed by atoms with van der Waals surface area (Å²) in [6, 6.07) is 0. The molecule has 3 rings (SSSR count). The average molecular weight is 237 g/mol. The number of thiazole rings is 1. The summed E-state index contributed by atoms with van der Waals surface area (Å²) in [4.78, 5) is 14.7. The summed E-state index contributed by atoms with van der Waals surface area (Å²) >= 11 is 1.48. The van der Waals surface area contributed by atoms with Gasteiger partial charge >= 0.3 is 0 Å². The van der Waals surface area contributed by atoms with Gasteiger partial charge < -0.3 is 10.2 Å². The molecule has 1 aliphatic rings. The van der Waals surface area contributed by atoms with Gasteiger partial charge in [0.25, 0.3) is 5.91 Å². The fourth-order valence-electron chi connectivity index (χ4n) is 1.80. The second kappa shape index (κ2) is 3.84. The van der Waals surface area contributed by atoms with Crippen molar-refractivity contribution in [3.8, 4) is 0 Å². The fraction of sp³-hybridized carbons (Fsp3) is 0.444. The van der Waals surface area contributed by atoms with Crippen molar-refractivity contribution in [2.75, 3.05) is 26.2 Å². The summed E-state index contributed by atoms with van der Waals surface area (Å²) in [5.74, 6) is 0.380. The van der Waals surface area contributed by atoms with Crippen molar-refractivity contribution < 1.29 is 4.79 Å². The fourth-order valence-corrected chi connectivity index (χ4v) is 2.45. The lowest BCUT2D eigenvalue weighted by atomic mass is 10.3. The van der Waals surface area contributed by atoms with Gasteiger partial charge in [-0.3, -0.25) is 9.20 Å². The average Bonchev–Trinajstić information content (AvgIpc) is 2.91. The lowest BCUT2D eigenvalue weighted by molar-refractivity contribution is 0.0722. The maximum atomic E-state index is 12.2. The summed E-state index contributed by atoms with van der Waals surface area (Å²) in [5, 5.41) is 13.0. The Hall–Kier alpha value is -1.47. The Morgan fingerprint density at radius 2 is 2.19 bits per heavy atom. The number of rotatable bonds is 1. The third kappa shape index (κ3) is 1.48. The molecule has 2 aromatic heterocycles. The van der Waals surface area contributed by atoms with Crippen LogP contribution in [0.4, 0.5) is 0 Å². The first-order valence-corrected chi connectivity index (χ1v) is 6.02. The second-order valence-electron chi connectivity index (χ2n) is 3.62. The van der Waals surface area contributed by atoms with Gasteiger partial charge in [-0.2, -0.15) is 0 Å². The molecular formula is C9H11N5OS. The molecule has 84 valence electrons. The number of aromatic nitrogens is 3. The summed E-state index contributed by atoms with van der Waals surface area (Å²) in [6.45, 7) is 3.16. The first kappa shape index (κ1) is 9.73. The van der Waals surface area contributed by atoms with Gasteiger partial charge in [-0.15, -0.1) is 21.5 Å². The number of carbonyl (C=O) groups excluding carboxylic acids is 1. The predicted molar refractivity (Wildman–Crippen MR) is 59.6 cm³/mol. The molecule has 1 amide bonds. The van der Waals surface area contributed by atoms with Crippen LogP contribution in [0.25, 0.3) is 4.96 Å². The van der Waals surface area contributed by atoms with Crippen LogP contribution in [0.1, 0.15) is 10.6 Å². The zero-order valence-corrected chi connectivity index (χ0v) is 9.40. The van der Waals surface area contributed by atoms with Crippen LogP contribution in [0.5, 0.6) is 0 Å². The molecule has 0 bridgehead atoms. The molecule has 0 unspecified atom stereocenters. The molecule has 6 nitrogen and oxygen atoms in total. The van der Waals surface area contributed by atoms with E-state index in [9.17, 15) is 4.79 Å². The van der Waals surface area contributed by atoms with Gasteiger partial charge in [0.15, 0.2) is 0 Å². The third-order valence-corrected chi connectivity index (χ3v) is 3.39. The highest BCUT2D eigenvalue weighted by molar-refractivity contribution is 7.15. The Kier molecular flexibility index (Phi) is 2.33. The minimum atomic E-state index is -0.0348. The van der Waals surface area contributed by atoms with Crippen LogP contribution in [-0.2, 0) is 0 Å². The smallest absolute Gasteiger partial charge is 0.292 e. The maximum absolute atomic E-state index is 12.2. The number of hydrogen-bond donors (Lipinski definition) is 1. The molecule has 1 saturated heterocycles. The Balaban J connectivity index is 1.91. The highest BCUT2D eigenvalue weighted by Crippen LogP contribution is 2.12. The summed E-state index contributed by atoms with van der Waals surface area (Å²) in [6.07, 6.45) is 1.83. The minimum Gasteiger partial charge on any atom is -0.333 e. The largest absolute Gasteiger partial charge is 0.333 e.